The van der Waals surface area contributed by atoms with E-state index in [0.29, 0.717) is 18.2 Å². The van der Waals surface area contributed by atoms with Crippen molar-refractivity contribution in [3.63, 3.8) is 0 Å². The quantitative estimate of drug-likeness (QED) is 0.755. The highest BCUT2D eigenvalue weighted by molar-refractivity contribution is 5.79. The fourth-order valence-corrected chi connectivity index (χ4v) is 1.63. The molecule has 0 saturated heterocycles. The van der Waals surface area contributed by atoms with E-state index in [1.807, 2.05) is 19.1 Å². The van der Waals surface area contributed by atoms with Gasteiger partial charge in [0.1, 0.15) is 5.75 Å². The summed E-state index contributed by atoms with van der Waals surface area (Å²) in [6.45, 7) is 2.63. The lowest BCUT2D eigenvalue weighted by Crippen LogP contribution is -2.33. The Labute approximate surface area is 107 Å². The van der Waals surface area contributed by atoms with Gasteiger partial charge < -0.3 is 15.8 Å². The Bertz CT molecular complexity index is 401. The highest BCUT2D eigenvalue weighted by Crippen LogP contribution is 2.19. The highest BCUT2D eigenvalue weighted by atomic mass is 16.5. The van der Waals surface area contributed by atoms with E-state index in [2.05, 4.69) is 10.3 Å². The molecule has 0 aromatic carbocycles. The summed E-state index contributed by atoms with van der Waals surface area (Å²) in [5, 5.41) is 3.39. The standard InChI is InChI=1S/C13H19N3O2/c1-2-12(13(14)17)18-11-6-5-10(16-8-11)7-15-9-3-4-9/h5-6,8-9,12,15H,2-4,7H2,1H3,(H2,14,17). The molecule has 2 rings (SSSR count). The van der Waals surface area contributed by atoms with Gasteiger partial charge in [0.2, 0.25) is 0 Å². The van der Waals surface area contributed by atoms with E-state index in [4.69, 9.17) is 10.5 Å². The van der Waals surface area contributed by atoms with Gasteiger partial charge in [-0.1, -0.05) is 6.92 Å². The third-order valence-electron chi connectivity index (χ3n) is 2.91. The van der Waals surface area contributed by atoms with Gasteiger partial charge in [-0.05, 0) is 31.4 Å². The number of aromatic nitrogens is 1. The van der Waals surface area contributed by atoms with Crippen LogP contribution in [0, 0.1) is 0 Å². The molecule has 98 valence electrons. The maximum Gasteiger partial charge on any atom is 0.258 e. The number of carbonyl (C=O) groups excluding carboxylic acids is 1. The van der Waals surface area contributed by atoms with Crippen LogP contribution in [0.4, 0.5) is 0 Å². The van der Waals surface area contributed by atoms with Crippen molar-refractivity contribution in [3.05, 3.63) is 24.0 Å². The van der Waals surface area contributed by atoms with Crippen molar-refractivity contribution in [1.29, 1.82) is 0 Å². The molecule has 1 aliphatic carbocycles. The van der Waals surface area contributed by atoms with Crippen molar-refractivity contribution in [1.82, 2.24) is 10.3 Å². The summed E-state index contributed by atoms with van der Waals surface area (Å²) in [5.41, 5.74) is 6.19. The molecule has 1 unspecified atom stereocenters. The van der Waals surface area contributed by atoms with E-state index < -0.39 is 12.0 Å². The van der Waals surface area contributed by atoms with Crippen molar-refractivity contribution in [2.24, 2.45) is 5.73 Å². The lowest BCUT2D eigenvalue weighted by atomic mass is 10.2. The van der Waals surface area contributed by atoms with Crippen LogP contribution in [0.15, 0.2) is 18.3 Å². The molecule has 0 spiro atoms. The maximum atomic E-state index is 11.1. The van der Waals surface area contributed by atoms with Gasteiger partial charge in [0.15, 0.2) is 6.10 Å². The van der Waals surface area contributed by atoms with Gasteiger partial charge >= 0.3 is 0 Å². The van der Waals surface area contributed by atoms with Gasteiger partial charge in [-0.25, -0.2) is 0 Å². The van der Waals surface area contributed by atoms with Gasteiger partial charge in [-0.3, -0.25) is 9.78 Å². The summed E-state index contributed by atoms with van der Waals surface area (Å²) in [5.74, 6) is 0.132. The molecule has 1 atom stereocenters. The Hall–Kier alpha value is -1.62. The number of hydrogen-bond acceptors (Lipinski definition) is 4. The lowest BCUT2D eigenvalue weighted by Gasteiger charge is -2.13. The van der Waals surface area contributed by atoms with Crippen LogP contribution in [0.3, 0.4) is 0 Å². The molecule has 1 aromatic rings. The molecule has 1 heterocycles. The second-order valence-electron chi connectivity index (χ2n) is 4.56. The minimum atomic E-state index is -0.581. The van der Waals surface area contributed by atoms with Crippen LogP contribution in [0.2, 0.25) is 0 Å². The number of nitrogens with one attached hydrogen (secondary N) is 1. The zero-order valence-corrected chi connectivity index (χ0v) is 10.6. The van der Waals surface area contributed by atoms with Crippen LogP contribution in [0.25, 0.3) is 0 Å². The van der Waals surface area contributed by atoms with Crippen LogP contribution in [0.5, 0.6) is 5.75 Å². The van der Waals surface area contributed by atoms with Gasteiger partial charge in [0, 0.05) is 12.6 Å². The maximum absolute atomic E-state index is 11.1. The minimum Gasteiger partial charge on any atom is -0.479 e. The minimum absolute atomic E-state index is 0.447. The third-order valence-corrected chi connectivity index (χ3v) is 2.91. The monoisotopic (exact) mass is 249 g/mol. The summed E-state index contributed by atoms with van der Waals surface area (Å²) >= 11 is 0. The molecular weight excluding hydrogens is 230 g/mol. The molecule has 1 fully saturated rings. The van der Waals surface area contributed by atoms with Crippen LogP contribution in [-0.4, -0.2) is 23.0 Å². The molecule has 1 amide bonds. The van der Waals surface area contributed by atoms with Crippen LogP contribution in [-0.2, 0) is 11.3 Å². The Morgan fingerprint density at radius 2 is 2.39 bits per heavy atom. The first-order valence-electron chi connectivity index (χ1n) is 6.33. The fraction of sp³-hybridized carbons (Fsp3) is 0.538. The van der Waals surface area contributed by atoms with Crippen molar-refractivity contribution in [3.8, 4) is 5.75 Å². The van der Waals surface area contributed by atoms with Crippen LogP contribution >= 0.6 is 0 Å². The van der Waals surface area contributed by atoms with E-state index >= 15 is 0 Å². The Morgan fingerprint density at radius 1 is 1.61 bits per heavy atom. The summed E-state index contributed by atoms with van der Waals surface area (Å²) < 4.78 is 5.46. The van der Waals surface area contributed by atoms with Crippen molar-refractivity contribution in [2.45, 2.75) is 44.9 Å². The number of carbonyl (C=O) groups is 1. The molecule has 0 bridgehead atoms. The largest absolute Gasteiger partial charge is 0.479 e. The molecule has 5 heteroatoms. The summed E-state index contributed by atoms with van der Waals surface area (Å²) in [6.07, 6.45) is 4.13. The molecule has 0 aliphatic heterocycles. The predicted octanol–water partition coefficient (Wildman–Crippen LogP) is 0.976. The van der Waals surface area contributed by atoms with Gasteiger partial charge in [0.25, 0.3) is 5.91 Å². The molecule has 1 saturated carbocycles. The lowest BCUT2D eigenvalue weighted by molar-refractivity contribution is -0.124. The smallest absolute Gasteiger partial charge is 0.258 e. The van der Waals surface area contributed by atoms with Crippen LogP contribution in [0.1, 0.15) is 31.9 Å². The number of rotatable bonds is 7. The number of nitrogens with zero attached hydrogens (tertiary/aromatic N) is 1. The van der Waals surface area contributed by atoms with E-state index in [1.54, 1.807) is 6.20 Å². The average molecular weight is 249 g/mol. The second-order valence-corrected chi connectivity index (χ2v) is 4.56. The summed E-state index contributed by atoms with van der Waals surface area (Å²) in [4.78, 5) is 15.3. The second kappa shape index (κ2) is 5.82. The average Bonchev–Trinajstić information content (AvgIpc) is 3.18. The topological polar surface area (TPSA) is 77.2 Å². The first kappa shape index (κ1) is 12.8. The molecule has 18 heavy (non-hydrogen) atoms. The SMILES string of the molecule is CCC(Oc1ccc(CNC2CC2)nc1)C(N)=O. The highest BCUT2D eigenvalue weighted by Gasteiger charge is 2.20. The van der Waals surface area contributed by atoms with E-state index in [-0.39, 0.29) is 0 Å². The number of primary amides is 1. The Kier molecular flexibility index (Phi) is 4.15. The summed E-state index contributed by atoms with van der Waals surface area (Å²) in [6, 6.07) is 4.39. The molecule has 1 aliphatic rings. The summed E-state index contributed by atoms with van der Waals surface area (Å²) in [7, 11) is 0. The van der Waals surface area contributed by atoms with E-state index in [0.717, 1.165) is 12.2 Å². The van der Waals surface area contributed by atoms with E-state index in [1.165, 1.54) is 12.8 Å². The molecular formula is C13H19N3O2. The van der Waals surface area contributed by atoms with Crippen LogP contribution < -0.4 is 15.8 Å². The van der Waals surface area contributed by atoms with E-state index in [9.17, 15) is 4.79 Å². The molecule has 5 nitrogen and oxygen atoms in total. The number of hydrogen-bond donors (Lipinski definition) is 2. The van der Waals surface area contributed by atoms with Gasteiger partial charge in [-0.2, -0.15) is 0 Å². The number of ether oxygens (including phenoxy) is 1. The number of nitrogens with two attached hydrogens (primary N) is 1. The fourth-order valence-electron chi connectivity index (χ4n) is 1.63. The molecule has 3 N–H and O–H groups in total. The first-order chi connectivity index (χ1) is 8.69. The zero-order chi connectivity index (χ0) is 13.0. The first-order valence-corrected chi connectivity index (χ1v) is 6.33. The van der Waals surface area contributed by atoms with Gasteiger partial charge in [0.05, 0.1) is 11.9 Å². The number of pyridine rings is 1. The Morgan fingerprint density at radius 3 is 2.89 bits per heavy atom. The Balaban J connectivity index is 1.87. The van der Waals surface area contributed by atoms with Gasteiger partial charge in [-0.15, -0.1) is 0 Å². The molecule has 1 aromatic heterocycles. The normalized spacial score (nSPS) is 16.3. The zero-order valence-electron chi connectivity index (χ0n) is 10.6. The molecule has 0 radical (unpaired) electrons. The van der Waals surface area contributed by atoms with Crippen molar-refractivity contribution in [2.75, 3.05) is 0 Å². The predicted molar refractivity (Wildman–Crippen MR) is 68.0 cm³/mol. The van der Waals surface area contributed by atoms with Crippen molar-refractivity contribution < 1.29 is 9.53 Å². The number of amides is 1. The van der Waals surface area contributed by atoms with Crippen molar-refractivity contribution >= 4 is 5.91 Å². The third kappa shape index (κ3) is 3.70.